The van der Waals surface area contributed by atoms with Crippen LogP contribution >= 0.6 is 140 Å². The highest BCUT2D eigenvalue weighted by molar-refractivity contribution is 8.00. The second-order valence-electron chi connectivity index (χ2n) is 30.7. The molecule has 9 aromatic rings. The fourth-order valence-corrected chi connectivity index (χ4v) is 19.1. The van der Waals surface area contributed by atoms with Gasteiger partial charge >= 0.3 is 12.2 Å². The summed E-state index contributed by atoms with van der Waals surface area (Å²) >= 11 is 59.9. The number of benzene rings is 6. The van der Waals surface area contributed by atoms with Crippen molar-refractivity contribution in [1.82, 2.24) is 45.0 Å². The number of nitrogens with one attached hydrogen (secondary N) is 3. The second-order valence-corrected chi connectivity index (χ2v) is 37.1. The number of nitrogens with zero attached hydrogens (tertiary/aromatic N) is 11. The molecule has 0 atom stereocenters. The van der Waals surface area contributed by atoms with Crippen molar-refractivity contribution >= 4 is 216 Å². The third-order valence-corrected chi connectivity index (χ3v) is 24.1. The Kier molecular flexibility index (Phi) is 26.2. The molecule has 0 radical (unpaired) electrons. The molecular weight excluding hydrogens is 1710 g/mol. The Bertz CT molecular complexity index is 5300. The van der Waals surface area contributed by atoms with E-state index in [-0.39, 0.29) is 69.2 Å². The van der Waals surface area contributed by atoms with Crippen LogP contribution in [0.25, 0.3) is 0 Å². The average Bonchev–Trinajstić information content (AvgIpc) is 0.791. The van der Waals surface area contributed by atoms with Gasteiger partial charge in [0.1, 0.15) is 26.8 Å². The Labute approximate surface area is 724 Å². The summed E-state index contributed by atoms with van der Waals surface area (Å²) < 4.78 is 16.9. The topological polar surface area (TPSA) is 269 Å². The van der Waals surface area contributed by atoms with Crippen LogP contribution in [0.15, 0.2) is 125 Å². The van der Waals surface area contributed by atoms with Crippen molar-refractivity contribution < 1.29 is 38.2 Å². The molecule has 0 spiro atoms. The van der Waals surface area contributed by atoms with E-state index < -0.39 is 22.6 Å². The van der Waals surface area contributed by atoms with E-state index >= 15 is 0 Å². The highest BCUT2D eigenvalue weighted by Gasteiger charge is 2.43. The molecule has 6 aromatic carbocycles. The van der Waals surface area contributed by atoms with Gasteiger partial charge in [0.15, 0.2) is 11.9 Å². The van der Waals surface area contributed by atoms with Gasteiger partial charge in [-0.05, 0) is 221 Å². The zero-order valence-corrected chi connectivity index (χ0v) is 73.9. The predicted octanol–water partition coefficient (Wildman–Crippen LogP) is 21.6. The molecule has 15 rings (SSSR count). The maximum atomic E-state index is 13.2. The second kappa shape index (κ2) is 34.7. The van der Waals surface area contributed by atoms with Gasteiger partial charge in [-0.1, -0.05) is 158 Å². The molecule has 0 bridgehead atoms. The van der Waals surface area contributed by atoms with Gasteiger partial charge in [0, 0.05) is 69.3 Å². The number of ether oxygens (including phenoxy) is 3. The molecule has 9 heterocycles. The number of rotatable bonds is 8. The molecule has 35 heteroatoms. The van der Waals surface area contributed by atoms with E-state index in [1.807, 2.05) is 118 Å². The van der Waals surface area contributed by atoms with Crippen LogP contribution in [0.4, 0.5) is 55.6 Å². The van der Waals surface area contributed by atoms with Crippen molar-refractivity contribution in [2.45, 2.75) is 145 Å². The van der Waals surface area contributed by atoms with E-state index in [4.69, 9.17) is 124 Å². The molecule has 3 aromatic heterocycles. The van der Waals surface area contributed by atoms with Gasteiger partial charge in [0.2, 0.25) is 17.8 Å². The number of carbonyl (C=O) groups excluding carboxylic acids is 5. The molecule has 23 nitrogen and oxygen atoms in total. The number of amides is 5. The normalized spacial score (nSPS) is 16.2. The smallest absolute Gasteiger partial charge is 0.411 e. The van der Waals surface area contributed by atoms with Crippen LogP contribution in [0.2, 0.25) is 45.2 Å². The molecule has 0 aliphatic carbocycles. The predicted molar refractivity (Wildman–Crippen MR) is 464 cm³/mol. The number of hydrogen-bond acceptors (Lipinski definition) is 21. The molecular formula is C80H80Cl9N15O8S3. The molecule has 0 saturated carbocycles. The first kappa shape index (κ1) is 86.7. The molecule has 115 heavy (non-hydrogen) atoms. The minimum absolute atomic E-state index is 0.0484. The number of carbonyl (C=O) groups is 5. The van der Waals surface area contributed by atoms with E-state index in [0.717, 1.165) is 53.1 Å². The van der Waals surface area contributed by atoms with Crippen LogP contribution in [-0.4, -0.2) is 125 Å². The number of halogens is 9. The summed E-state index contributed by atoms with van der Waals surface area (Å²) in [5, 5.41) is 14.8. The van der Waals surface area contributed by atoms with E-state index in [0.29, 0.717) is 116 Å². The summed E-state index contributed by atoms with van der Waals surface area (Å²) in [4.78, 5) is 98.4. The number of anilines is 8. The highest BCUT2D eigenvalue weighted by Crippen LogP contribution is 2.46. The lowest BCUT2D eigenvalue weighted by Gasteiger charge is -2.44. The number of aromatic nitrogens is 6. The van der Waals surface area contributed by atoms with Crippen molar-refractivity contribution in [1.29, 1.82) is 0 Å². The van der Waals surface area contributed by atoms with Crippen LogP contribution in [0, 0.1) is 0 Å². The maximum Gasteiger partial charge on any atom is 0.411 e. The largest absolute Gasteiger partial charge is 0.455 e. The minimum Gasteiger partial charge on any atom is -0.455 e. The zero-order chi connectivity index (χ0) is 83.3. The third-order valence-electron chi connectivity index (χ3n) is 19.2. The molecule has 0 fully saturated rings. The van der Waals surface area contributed by atoms with Gasteiger partial charge in [-0.15, -0.1) is 0 Å². The van der Waals surface area contributed by atoms with Gasteiger partial charge in [-0.3, -0.25) is 38.9 Å². The van der Waals surface area contributed by atoms with E-state index in [1.165, 1.54) is 97.4 Å². The summed E-state index contributed by atoms with van der Waals surface area (Å²) in [6, 6.07) is 27.4. The lowest BCUT2D eigenvalue weighted by atomic mass is 9.83. The van der Waals surface area contributed by atoms with Gasteiger partial charge < -0.3 is 35.9 Å². The Morgan fingerprint density at radius 3 is 1.39 bits per heavy atom. The minimum atomic E-state index is -0.571. The standard InChI is InChI=1S/C28H28Cl3N5O4.C23H20Cl3N5OS.C16H24N2O2.C13H8Cl3N3OS2/c1-27(2,3)40-26(38)36-9-8-15-10-17(6-7-19(15)28(36,4)5)33-25-32-13-18-23(34-25)39-14-35(24(18)37)22-20(30)11-16(29)12-21(22)31;1-23(2)16-4-3-14(7-12(16)5-6-28-23)29-22-27-10-15-20(30-22)33-11-31(21(15)32)19-17(25)8-13(24)9-18(19)26;1-15(2,3)20-14(19)18-9-8-11-10-12(17)6-7-13(11)16(18,4)5;1-21-13-17-4-7-11(18-13)22-5-19(12(7)20)10-8(15)2-6(14)3-9(10)16/h6-7,10-13H,8-9,14H2,1-5H3,(H,32,33,34);3-4,7-10,28H,5-6,11H2,1-2H3,(H,27,29,30);6-7,10H,8-9,17H2,1-5H3;2-4H,5H2,1H3. The maximum absolute atomic E-state index is 13.2. The van der Waals surface area contributed by atoms with Crippen molar-refractivity contribution in [3.63, 3.8) is 0 Å². The van der Waals surface area contributed by atoms with Gasteiger partial charge in [-0.25, -0.2) is 34.5 Å². The summed E-state index contributed by atoms with van der Waals surface area (Å²) in [5.41, 5.74) is 15.6. The molecule has 0 unspecified atom stereocenters. The highest BCUT2D eigenvalue weighted by atomic mass is 35.5. The first-order valence-electron chi connectivity index (χ1n) is 36.0. The van der Waals surface area contributed by atoms with Gasteiger partial charge in [0.25, 0.3) is 17.7 Å². The molecule has 0 saturated heterocycles. The lowest BCUT2D eigenvalue weighted by Crippen LogP contribution is -2.51. The Morgan fingerprint density at radius 2 is 0.922 bits per heavy atom. The number of nitrogens with two attached hydrogens (primary N) is 1. The Balaban J connectivity index is 0.000000147. The van der Waals surface area contributed by atoms with E-state index in [2.05, 4.69) is 71.8 Å². The number of thioether (sulfide) groups is 3. The Hall–Kier alpha value is -7.67. The van der Waals surface area contributed by atoms with Crippen molar-refractivity contribution in [3.8, 4) is 5.88 Å². The molecule has 5 amide bonds. The number of fused-ring (bicyclic) bond motifs is 6. The fourth-order valence-electron chi connectivity index (χ4n) is 13.8. The van der Waals surface area contributed by atoms with E-state index in [1.54, 1.807) is 34.1 Å². The number of nitrogen functional groups attached to an aromatic ring is 1. The third kappa shape index (κ3) is 19.4. The van der Waals surface area contributed by atoms with Gasteiger partial charge in [0.05, 0.1) is 81.2 Å². The van der Waals surface area contributed by atoms with Crippen LogP contribution in [0.5, 0.6) is 5.88 Å². The van der Waals surface area contributed by atoms with Crippen LogP contribution in [-0.2, 0) is 45.4 Å². The van der Waals surface area contributed by atoms with Crippen molar-refractivity contribution in [3.05, 3.63) is 205 Å². The van der Waals surface area contributed by atoms with E-state index in [9.17, 15) is 24.0 Å². The average molecular weight is 1790 g/mol. The molecule has 6 aliphatic rings. The summed E-state index contributed by atoms with van der Waals surface area (Å²) in [6.07, 6.45) is 8.21. The molecule has 604 valence electrons. The SMILES string of the molecule is CC(C)(C)OC(=O)N1CCc2cc(N)ccc2C1(C)C.CC(C)(C)OC(=O)N1CCc2cc(Nc3ncc4c(n3)OCN(c3c(Cl)cc(Cl)cc3Cl)C4=O)ccc2C1(C)C.CC1(C)NCCc2cc(Nc3ncc4c(n3)SCN(c3c(Cl)cc(Cl)cc3Cl)C4=O)ccc21.CSc1ncc2c(n1)SCN(c1c(Cl)cc(Cl)cc1Cl)C2=O. The fraction of sp³-hybridized carbons (Fsp3) is 0.338. The summed E-state index contributed by atoms with van der Waals surface area (Å²) in [7, 11) is 0. The van der Waals surface area contributed by atoms with Gasteiger partial charge in [-0.2, -0.15) is 4.98 Å². The molecule has 5 N–H and O–H groups in total. The first-order chi connectivity index (χ1) is 54.1. The first-order valence-corrected chi connectivity index (χ1v) is 42.6. The zero-order valence-electron chi connectivity index (χ0n) is 64.6. The van der Waals surface area contributed by atoms with Crippen LogP contribution in [0.3, 0.4) is 0 Å². The Morgan fingerprint density at radius 1 is 0.522 bits per heavy atom. The van der Waals surface area contributed by atoms with Crippen LogP contribution in [0.1, 0.15) is 148 Å². The summed E-state index contributed by atoms with van der Waals surface area (Å²) in [5.74, 6) is 0.669. The van der Waals surface area contributed by atoms with Crippen molar-refractivity contribution in [2.75, 3.05) is 75.4 Å². The monoisotopic (exact) mass is 1790 g/mol. The summed E-state index contributed by atoms with van der Waals surface area (Å²) in [6.45, 7) is 25.7. The lowest BCUT2D eigenvalue weighted by molar-refractivity contribution is -0.00147. The molecule has 6 aliphatic heterocycles. The van der Waals surface area contributed by atoms with Crippen LogP contribution < -0.4 is 41.1 Å². The quantitative estimate of drug-likeness (QED) is 0.0476. The van der Waals surface area contributed by atoms with Crippen molar-refractivity contribution in [2.24, 2.45) is 0 Å². The number of hydrogen-bond donors (Lipinski definition) is 4.